The van der Waals surface area contributed by atoms with Crippen molar-refractivity contribution in [3.8, 4) is 5.75 Å². The van der Waals surface area contributed by atoms with E-state index in [9.17, 15) is 9.18 Å². The van der Waals surface area contributed by atoms with Crippen molar-refractivity contribution < 1.29 is 19.0 Å². The van der Waals surface area contributed by atoms with Crippen LogP contribution in [0.25, 0.3) is 0 Å². The maximum atomic E-state index is 13.4. The Hall–Kier alpha value is -1.62. The van der Waals surface area contributed by atoms with E-state index in [0.29, 0.717) is 6.42 Å². The van der Waals surface area contributed by atoms with Gasteiger partial charge in [-0.25, -0.2) is 4.39 Å². The molecular formula is C12H16FNO3. The van der Waals surface area contributed by atoms with Gasteiger partial charge in [0.1, 0.15) is 0 Å². The molecule has 0 spiro atoms. The Bertz CT molecular complexity index is 391. The average molecular weight is 241 g/mol. The van der Waals surface area contributed by atoms with E-state index in [1.165, 1.54) is 19.2 Å². The van der Waals surface area contributed by atoms with E-state index >= 15 is 0 Å². The Balaban J connectivity index is 2.79. The highest BCUT2D eigenvalue weighted by Crippen LogP contribution is 2.17. The third kappa shape index (κ3) is 3.42. The summed E-state index contributed by atoms with van der Waals surface area (Å²) in [7, 11) is 1.36. The molecule has 4 nitrogen and oxygen atoms in total. The molecule has 1 aromatic carbocycles. The van der Waals surface area contributed by atoms with Gasteiger partial charge in [-0.15, -0.1) is 0 Å². The molecule has 1 aromatic rings. The van der Waals surface area contributed by atoms with Crippen molar-refractivity contribution in [3.63, 3.8) is 0 Å². The molecule has 17 heavy (non-hydrogen) atoms. The number of ether oxygens (including phenoxy) is 1. The van der Waals surface area contributed by atoms with E-state index in [2.05, 4.69) is 5.32 Å². The molecule has 0 radical (unpaired) electrons. The van der Waals surface area contributed by atoms with Gasteiger partial charge >= 0.3 is 0 Å². The van der Waals surface area contributed by atoms with E-state index in [0.717, 1.165) is 6.07 Å². The summed E-state index contributed by atoms with van der Waals surface area (Å²) in [6.07, 6.45) is 0.612. The maximum Gasteiger partial charge on any atom is 0.251 e. The summed E-state index contributed by atoms with van der Waals surface area (Å²) in [6.45, 7) is 1.71. The van der Waals surface area contributed by atoms with Gasteiger partial charge in [0.25, 0.3) is 5.91 Å². The average Bonchev–Trinajstić information content (AvgIpc) is 2.35. The molecule has 1 amide bonds. The van der Waals surface area contributed by atoms with Crippen LogP contribution in [0.5, 0.6) is 5.75 Å². The number of halogens is 1. The van der Waals surface area contributed by atoms with Crippen molar-refractivity contribution in [3.05, 3.63) is 29.6 Å². The molecule has 94 valence electrons. The fraction of sp³-hybridized carbons (Fsp3) is 0.417. The monoisotopic (exact) mass is 241 g/mol. The van der Waals surface area contributed by atoms with Gasteiger partial charge in [0.2, 0.25) is 0 Å². The Morgan fingerprint density at radius 1 is 1.59 bits per heavy atom. The number of aliphatic hydroxyl groups excluding tert-OH is 1. The number of benzene rings is 1. The Morgan fingerprint density at radius 2 is 2.29 bits per heavy atom. The van der Waals surface area contributed by atoms with Crippen LogP contribution in [-0.4, -0.2) is 30.8 Å². The molecule has 5 heteroatoms. The summed E-state index contributed by atoms with van der Waals surface area (Å²) in [6, 6.07) is 3.66. The minimum atomic E-state index is -0.586. The van der Waals surface area contributed by atoms with Gasteiger partial charge < -0.3 is 15.2 Å². The number of aliphatic hydroxyl groups is 1. The first-order chi connectivity index (χ1) is 8.12. The summed E-state index contributed by atoms with van der Waals surface area (Å²) in [5, 5.41) is 11.6. The molecule has 1 rings (SSSR count). The molecule has 0 fully saturated rings. The molecular weight excluding hydrogens is 225 g/mol. The summed E-state index contributed by atoms with van der Waals surface area (Å²) < 4.78 is 18.1. The zero-order chi connectivity index (χ0) is 12.8. The van der Waals surface area contributed by atoms with Crippen LogP contribution in [0, 0.1) is 5.82 Å². The number of hydrogen-bond acceptors (Lipinski definition) is 3. The first-order valence-electron chi connectivity index (χ1n) is 5.37. The third-order valence-corrected chi connectivity index (χ3v) is 2.46. The fourth-order valence-electron chi connectivity index (χ4n) is 1.35. The number of rotatable bonds is 5. The van der Waals surface area contributed by atoms with Crippen molar-refractivity contribution >= 4 is 5.91 Å². The highest BCUT2D eigenvalue weighted by molar-refractivity contribution is 5.94. The van der Waals surface area contributed by atoms with Crippen LogP contribution in [0.3, 0.4) is 0 Å². The molecule has 0 bridgehead atoms. The van der Waals surface area contributed by atoms with Crippen LogP contribution in [0.15, 0.2) is 18.2 Å². The van der Waals surface area contributed by atoms with Gasteiger partial charge in [0.05, 0.1) is 19.8 Å². The fourth-order valence-corrected chi connectivity index (χ4v) is 1.35. The minimum Gasteiger partial charge on any atom is -0.494 e. The third-order valence-electron chi connectivity index (χ3n) is 2.46. The van der Waals surface area contributed by atoms with E-state index in [-0.39, 0.29) is 24.0 Å². The summed E-state index contributed by atoms with van der Waals surface area (Å²) >= 11 is 0. The van der Waals surface area contributed by atoms with Crippen LogP contribution in [0.1, 0.15) is 23.7 Å². The van der Waals surface area contributed by atoms with Crippen LogP contribution in [0.4, 0.5) is 4.39 Å². The van der Waals surface area contributed by atoms with E-state index in [1.807, 2.05) is 6.92 Å². The zero-order valence-corrected chi connectivity index (χ0v) is 9.87. The number of hydrogen-bond donors (Lipinski definition) is 2. The number of carbonyl (C=O) groups is 1. The van der Waals surface area contributed by atoms with Gasteiger partial charge in [0.15, 0.2) is 11.6 Å². The molecule has 0 aromatic heterocycles. The van der Waals surface area contributed by atoms with Gasteiger partial charge in [-0.3, -0.25) is 4.79 Å². The van der Waals surface area contributed by atoms with Gasteiger partial charge in [0, 0.05) is 5.56 Å². The molecule has 0 saturated carbocycles. The summed E-state index contributed by atoms with van der Waals surface area (Å²) in [5.41, 5.74) is 0.204. The standard InChI is InChI=1S/C12H16FNO3/c1-3-9(7-15)14-12(16)8-4-5-11(17-2)10(13)6-8/h4-6,9,15H,3,7H2,1-2H3,(H,14,16)/t9-/m0/s1. The van der Waals surface area contributed by atoms with Crippen molar-refractivity contribution in [1.82, 2.24) is 5.32 Å². The van der Waals surface area contributed by atoms with Gasteiger partial charge in [-0.2, -0.15) is 0 Å². The molecule has 1 atom stereocenters. The van der Waals surface area contributed by atoms with Crippen molar-refractivity contribution in [2.45, 2.75) is 19.4 Å². The van der Waals surface area contributed by atoms with Crippen LogP contribution < -0.4 is 10.1 Å². The Kier molecular flexibility index (Phi) is 4.90. The lowest BCUT2D eigenvalue weighted by Crippen LogP contribution is -2.36. The first-order valence-corrected chi connectivity index (χ1v) is 5.37. The minimum absolute atomic E-state index is 0.0933. The van der Waals surface area contributed by atoms with Crippen molar-refractivity contribution in [2.24, 2.45) is 0 Å². The van der Waals surface area contributed by atoms with E-state index in [1.54, 1.807) is 0 Å². The summed E-state index contributed by atoms with van der Waals surface area (Å²) in [5.74, 6) is -0.902. The molecule has 0 unspecified atom stereocenters. The molecule has 0 heterocycles. The van der Waals surface area contributed by atoms with Crippen LogP contribution >= 0.6 is 0 Å². The number of nitrogens with one attached hydrogen (secondary N) is 1. The van der Waals surface area contributed by atoms with Crippen molar-refractivity contribution in [2.75, 3.05) is 13.7 Å². The second-order valence-corrected chi connectivity index (χ2v) is 3.61. The predicted octanol–water partition coefficient (Wildman–Crippen LogP) is 1.34. The van der Waals surface area contributed by atoms with Gasteiger partial charge in [-0.05, 0) is 24.6 Å². The number of carbonyl (C=O) groups excluding carboxylic acids is 1. The van der Waals surface area contributed by atoms with E-state index < -0.39 is 11.7 Å². The van der Waals surface area contributed by atoms with Crippen LogP contribution in [-0.2, 0) is 0 Å². The van der Waals surface area contributed by atoms with Crippen molar-refractivity contribution in [1.29, 1.82) is 0 Å². The Labute approximate surface area is 99.4 Å². The largest absolute Gasteiger partial charge is 0.494 e. The Morgan fingerprint density at radius 3 is 2.76 bits per heavy atom. The normalized spacial score (nSPS) is 12.0. The quantitative estimate of drug-likeness (QED) is 0.817. The lowest BCUT2D eigenvalue weighted by Gasteiger charge is -2.14. The molecule has 0 aliphatic rings. The molecule has 0 aliphatic heterocycles. The first kappa shape index (κ1) is 13.4. The van der Waals surface area contributed by atoms with Crippen LogP contribution in [0.2, 0.25) is 0 Å². The van der Waals surface area contributed by atoms with E-state index in [4.69, 9.17) is 9.84 Å². The molecule has 0 saturated heterocycles. The summed E-state index contributed by atoms with van der Waals surface area (Å²) in [4.78, 5) is 11.7. The predicted molar refractivity (Wildman–Crippen MR) is 61.6 cm³/mol. The van der Waals surface area contributed by atoms with Gasteiger partial charge in [-0.1, -0.05) is 6.92 Å². The second kappa shape index (κ2) is 6.20. The maximum absolute atomic E-state index is 13.4. The molecule has 0 aliphatic carbocycles. The highest BCUT2D eigenvalue weighted by Gasteiger charge is 2.13. The number of methoxy groups -OCH3 is 1. The lowest BCUT2D eigenvalue weighted by atomic mass is 10.1. The smallest absolute Gasteiger partial charge is 0.251 e. The highest BCUT2D eigenvalue weighted by atomic mass is 19.1. The topological polar surface area (TPSA) is 58.6 Å². The zero-order valence-electron chi connectivity index (χ0n) is 9.87. The SMILES string of the molecule is CC[C@@H](CO)NC(=O)c1ccc(OC)c(F)c1. The molecule has 2 N–H and O–H groups in total. The number of amides is 1. The second-order valence-electron chi connectivity index (χ2n) is 3.61. The lowest BCUT2D eigenvalue weighted by molar-refractivity contribution is 0.0914.